The van der Waals surface area contributed by atoms with E-state index in [2.05, 4.69) is 17.0 Å². The zero-order valence-electron chi connectivity index (χ0n) is 12.9. The van der Waals surface area contributed by atoms with E-state index >= 15 is 0 Å². The molecule has 2 aromatic carbocycles. The zero-order chi connectivity index (χ0) is 15.6. The Hall–Kier alpha value is -2.27. The number of nitrogens with one attached hydrogen (secondary N) is 1. The number of nitrogens with zero attached hydrogens (tertiary/aromatic N) is 1. The number of anilines is 1. The molecule has 0 aromatic heterocycles. The molecule has 23 heavy (non-hydrogen) atoms. The van der Waals surface area contributed by atoms with Gasteiger partial charge < -0.3 is 19.3 Å². The number of rotatable bonds is 3. The van der Waals surface area contributed by atoms with Gasteiger partial charge in [-0.1, -0.05) is 0 Å². The van der Waals surface area contributed by atoms with Crippen molar-refractivity contribution in [1.29, 1.82) is 0 Å². The summed E-state index contributed by atoms with van der Waals surface area (Å²) in [7, 11) is 0. The van der Waals surface area contributed by atoms with E-state index in [9.17, 15) is 4.39 Å². The first-order valence-electron chi connectivity index (χ1n) is 8.00. The fourth-order valence-corrected chi connectivity index (χ4v) is 3.25. The number of piperazine rings is 1. The van der Waals surface area contributed by atoms with Crippen LogP contribution in [0.5, 0.6) is 11.5 Å². The fraction of sp³-hybridized carbons (Fsp3) is 0.333. The van der Waals surface area contributed by atoms with Crippen molar-refractivity contribution < 1.29 is 18.8 Å². The first-order valence-corrected chi connectivity index (χ1v) is 8.00. The molecule has 0 aliphatic carbocycles. The van der Waals surface area contributed by atoms with Crippen molar-refractivity contribution in [2.45, 2.75) is 6.54 Å². The maximum atomic E-state index is 13.0. The number of hydrogen-bond donors (Lipinski definition) is 1. The Labute approximate surface area is 135 Å². The van der Waals surface area contributed by atoms with E-state index in [0.717, 1.165) is 49.9 Å². The summed E-state index contributed by atoms with van der Waals surface area (Å²) in [6.45, 7) is 5.45. The predicted molar refractivity (Wildman–Crippen MR) is 85.6 cm³/mol. The van der Waals surface area contributed by atoms with Crippen molar-refractivity contribution >= 4 is 5.69 Å². The van der Waals surface area contributed by atoms with Crippen LogP contribution in [0.4, 0.5) is 10.1 Å². The highest BCUT2D eigenvalue weighted by atomic mass is 19.1. The molecule has 0 saturated carbocycles. The largest absolute Gasteiger partial charge is 0.454 e. The highest BCUT2D eigenvalue weighted by Crippen LogP contribution is 2.32. The van der Waals surface area contributed by atoms with Crippen LogP contribution in [0.15, 0.2) is 42.5 Å². The lowest BCUT2D eigenvalue weighted by Gasteiger charge is -2.33. The molecule has 2 aromatic rings. The van der Waals surface area contributed by atoms with E-state index in [1.165, 1.54) is 17.7 Å². The molecule has 1 N–H and O–H groups in total. The van der Waals surface area contributed by atoms with Gasteiger partial charge in [0.1, 0.15) is 12.4 Å². The van der Waals surface area contributed by atoms with Crippen molar-refractivity contribution in [3.05, 3.63) is 53.8 Å². The highest BCUT2D eigenvalue weighted by Gasteiger charge is 2.21. The van der Waals surface area contributed by atoms with E-state index in [0.29, 0.717) is 6.79 Å². The number of quaternary nitrogens is 1. The van der Waals surface area contributed by atoms with E-state index in [1.807, 2.05) is 18.2 Å². The van der Waals surface area contributed by atoms with Crippen LogP contribution in [0.3, 0.4) is 0 Å². The van der Waals surface area contributed by atoms with Crippen LogP contribution in [-0.4, -0.2) is 33.0 Å². The van der Waals surface area contributed by atoms with Gasteiger partial charge in [0.05, 0.1) is 26.2 Å². The van der Waals surface area contributed by atoms with Crippen molar-refractivity contribution in [2.75, 3.05) is 37.9 Å². The molecule has 120 valence electrons. The van der Waals surface area contributed by atoms with Gasteiger partial charge in [0.25, 0.3) is 0 Å². The highest BCUT2D eigenvalue weighted by molar-refractivity contribution is 5.46. The van der Waals surface area contributed by atoms with Gasteiger partial charge in [0.15, 0.2) is 11.5 Å². The van der Waals surface area contributed by atoms with Crippen LogP contribution in [-0.2, 0) is 6.54 Å². The summed E-state index contributed by atoms with van der Waals surface area (Å²) < 4.78 is 23.8. The Morgan fingerprint density at radius 3 is 2.48 bits per heavy atom. The van der Waals surface area contributed by atoms with Crippen LogP contribution in [0.1, 0.15) is 5.56 Å². The average Bonchev–Trinajstić information content (AvgIpc) is 3.04. The fourth-order valence-electron chi connectivity index (χ4n) is 3.25. The molecule has 0 bridgehead atoms. The molecule has 0 unspecified atom stereocenters. The van der Waals surface area contributed by atoms with Crippen molar-refractivity contribution in [3.8, 4) is 11.5 Å². The molecule has 4 rings (SSSR count). The molecule has 1 saturated heterocycles. The predicted octanol–water partition coefficient (Wildman–Crippen LogP) is 1.46. The maximum Gasteiger partial charge on any atom is 0.231 e. The minimum atomic E-state index is -0.180. The molecule has 2 aliphatic rings. The van der Waals surface area contributed by atoms with E-state index in [-0.39, 0.29) is 5.82 Å². The summed E-state index contributed by atoms with van der Waals surface area (Å²) in [5.74, 6) is 1.51. The topological polar surface area (TPSA) is 26.1 Å². The van der Waals surface area contributed by atoms with Crippen LogP contribution >= 0.6 is 0 Å². The third-order valence-electron chi connectivity index (χ3n) is 4.55. The zero-order valence-corrected chi connectivity index (χ0v) is 12.9. The van der Waals surface area contributed by atoms with Crippen LogP contribution in [0.2, 0.25) is 0 Å². The molecule has 2 aliphatic heterocycles. The number of benzene rings is 2. The van der Waals surface area contributed by atoms with Crippen molar-refractivity contribution in [1.82, 2.24) is 0 Å². The molecule has 5 heteroatoms. The summed E-state index contributed by atoms with van der Waals surface area (Å²) in [6, 6.07) is 13.0. The van der Waals surface area contributed by atoms with Gasteiger partial charge in [0, 0.05) is 11.3 Å². The molecular weight excluding hydrogens is 295 g/mol. The summed E-state index contributed by atoms with van der Waals surface area (Å²) in [5.41, 5.74) is 2.38. The van der Waals surface area contributed by atoms with Gasteiger partial charge in [-0.15, -0.1) is 0 Å². The molecular formula is C18H20FN2O2+. The monoisotopic (exact) mass is 315 g/mol. The molecule has 4 nitrogen and oxygen atoms in total. The van der Waals surface area contributed by atoms with E-state index in [4.69, 9.17) is 9.47 Å². The Bertz CT molecular complexity index is 682. The minimum absolute atomic E-state index is 0.180. The second kappa shape index (κ2) is 6.08. The Morgan fingerprint density at radius 1 is 0.957 bits per heavy atom. The van der Waals surface area contributed by atoms with Gasteiger partial charge in [-0.2, -0.15) is 0 Å². The van der Waals surface area contributed by atoms with Gasteiger partial charge in [-0.05, 0) is 42.5 Å². The molecule has 2 heterocycles. The minimum Gasteiger partial charge on any atom is -0.454 e. The third kappa shape index (κ3) is 3.10. The van der Waals surface area contributed by atoms with Crippen LogP contribution in [0, 0.1) is 5.82 Å². The molecule has 0 spiro atoms. The third-order valence-corrected chi connectivity index (χ3v) is 4.55. The first-order chi connectivity index (χ1) is 11.3. The van der Waals surface area contributed by atoms with E-state index < -0.39 is 0 Å². The summed E-state index contributed by atoms with van der Waals surface area (Å²) in [5, 5.41) is 0. The Kier molecular flexibility index (Phi) is 3.79. The van der Waals surface area contributed by atoms with Gasteiger partial charge in [-0.25, -0.2) is 4.39 Å². The summed E-state index contributed by atoms with van der Waals surface area (Å²) in [6.07, 6.45) is 0. The smallest absolute Gasteiger partial charge is 0.231 e. The van der Waals surface area contributed by atoms with Crippen LogP contribution in [0.25, 0.3) is 0 Å². The lowest BCUT2D eigenvalue weighted by molar-refractivity contribution is -0.914. The lowest BCUT2D eigenvalue weighted by atomic mass is 10.1. The molecule has 1 fully saturated rings. The second-order valence-corrected chi connectivity index (χ2v) is 6.08. The van der Waals surface area contributed by atoms with Crippen molar-refractivity contribution in [2.24, 2.45) is 0 Å². The molecule has 0 amide bonds. The van der Waals surface area contributed by atoms with Gasteiger partial charge in [-0.3, -0.25) is 0 Å². The Morgan fingerprint density at radius 2 is 1.70 bits per heavy atom. The number of hydrogen-bond acceptors (Lipinski definition) is 3. The quantitative estimate of drug-likeness (QED) is 0.929. The Balaban J connectivity index is 1.35. The maximum absolute atomic E-state index is 13.0. The SMILES string of the molecule is Fc1ccc(N2CC[NH+](Cc3ccc4c(c3)OCO4)CC2)cc1. The van der Waals surface area contributed by atoms with Crippen molar-refractivity contribution in [3.63, 3.8) is 0 Å². The standard InChI is InChI=1S/C18H19FN2O2/c19-15-2-4-16(5-3-15)21-9-7-20(8-10-21)12-14-1-6-17-18(11-14)23-13-22-17/h1-6,11H,7-10,12-13H2/p+1. The lowest BCUT2D eigenvalue weighted by Crippen LogP contribution is -3.13. The molecule has 0 atom stereocenters. The van der Waals surface area contributed by atoms with Gasteiger partial charge in [0.2, 0.25) is 6.79 Å². The molecule has 0 radical (unpaired) electrons. The second-order valence-electron chi connectivity index (χ2n) is 6.08. The summed E-state index contributed by atoms with van der Waals surface area (Å²) in [4.78, 5) is 3.88. The van der Waals surface area contributed by atoms with Gasteiger partial charge >= 0.3 is 0 Å². The number of ether oxygens (including phenoxy) is 2. The number of halogens is 1. The normalized spacial score (nSPS) is 17.5. The summed E-state index contributed by atoms with van der Waals surface area (Å²) >= 11 is 0. The van der Waals surface area contributed by atoms with E-state index in [1.54, 1.807) is 4.90 Å². The first kappa shape index (κ1) is 14.3. The van der Waals surface area contributed by atoms with Crippen LogP contribution < -0.4 is 19.3 Å². The average molecular weight is 315 g/mol. The number of fused-ring (bicyclic) bond motifs is 1.